The molecule has 1 aliphatic rings. The van der Waals surface area contributed by atoms with Gasteiger partial charge < -0.3 is 9.84 Å². The number of carbonyl (C=O) groups is 2. The minimum absolute atomic E-state index is 0.267. The van der Waals surface area contributed by atoms with Gasteiger partial charge in [0.2, 0.25) is 0 Å². The summed E-state index contributed by atoms with van der Waals surface area (Å²) in [5, 5.41) is 10.3. The van der Waals surface area contributed by atoms with Crippen LogP contribution in [0, 0.1) is 0 Å². The minimum atomic E-state index is -4.80. The summed E-state index contributed by atoms with van der Waals surface area (Å²) in [6.45, 7) is 6.07. The highest BCUT2D eigenvalue weighted by molar-refractivity contribution is 9.10. The Morgan fingerprint density at radius 2 is 1.74 bits per heavy atom. The second-order valence-electron chi connectivity index (χ2n) is 9.00. The number of nitrogens with zero attached hydrogens (tertiary/aromatic N) is 2. The highest BCUT2D eigenvalue weighted by atomic mass is 79.9. The van der Waals surface area contributed by atoms with Crippen molar-refractivity contribution in [3.63, 3.8) is 0 Å². The monoisotopic (exact) mass is 592 g/mol. The van der Waals surface area contributed by atoms with Crippen LogP contribution >= 0.6 is 39.7 Å². The van der Waals surface area contributed by atoms with Crippen molar-refractivity contribution in [2.24, 2.45) is 0 Å². The lowest BCUT2D eigenvalue weighted by Crippen LogP contribution is -2.55. The van der Waals surface area contributed by atoms with E-state index in [1.807, 2.05) is 0 Å². The Labute approximate surface area is 218 Å². The molecule has 0 bridgehead atoms. The fourth-order valence-electron chi connectivity index (χ4n) is 3.59. The Bertz CT molecular complexity index is 1190. The SMILES string of the molecule is CC(C)(C)OC(=O)N1C(=S)N(c2ccc(Cl)c(C(F)(F)F)c2)C(=O)[C@@]1(C)[C@@H](O)c1ccc(Br)cc1. The highest BCUT2D eigenvalue weighted by Gasteiger charge is 2.61. The van der Waals surface area contributed by atoms with E-state index >= 15 is 0 Å². The lowest BCUT2D eigenvalue weighted by molar-refractivity contribution is -0.137. The third-order valence-corrected chi connectivity index (χ3v) is 6.51. The molecule has 0 saturated carbocycles. The Hall–Kier alpha value is -2.21. The van der Waals surface area contributed by atoms with Gasteiger partial charge in [-0.05, 0) is 75.8 Å². The molecule has 6 nitrogen and oxygen atoms in total. The molecule has 0 spiro atoms. The lowest BCUT2D eigenvalue weighted by Gasteiger charge is -2.36. The van der Waals surface area contributed by atoms with Crippen molar-refractivity contribution >= 4 is 62.5 Å². The van der Waals surface area contributed by atoms with Crippen molar-refractivity contribution in [3.05, 3.63) is 63.1 Å². The number of ether oxygens (including phenoxy) is 1. The highest BCUT2D eigenvalue weighted by Crippen LogP contribution is 2.44. The third-order valence-electron chi connectivity index (χ3n) is 5.29. The summed E-state index contributed by atoms with van der Waals surface area (Å²) < 4.78 is 46.6. The van der Waals surface area contributed by atoms with Crippen molar-refractivity contribution in [2.45, 2.75) is 51.1 Å². The van der Waals surface area contributed by atoms with Crippen molar-refractivity contribution in [2.75, 3.05) is 4.90 Å². The molecular formula is C23H21BrClF3N2O4S. The number of anilines is 1. The van der Waals surface area contributed by atoms with Crippen LogP contribution in [0.2, 0.25) is 5.02 Å². The number of benzene rings is 2. The minimum Gasteiger partial charge on any atom is -0.443 e. The first kappa shape index (κ1) is 27.4. The number of rotatable bonds is 3. The summed E-state index contributed by atoms with van der Waals surface area (Å²) in [6, 6.07) is 9.15. The van der Waals surface area contributed by atoms with Crippen LogP contribution in [-0.2, 0) is 15.7 Å². The van der Waals surface area contributed by atoms with Gasteiger partial charge in [-0.3, -0.25) is 9.69 Å². The maximum absolute atomic E-state index is 13.8. The molecule has 1 N–H and O–H groups in total. The average molecular weight is 594 g/mol. The Morgan fingerprint density at radius 1 is 1.17 bits per heavy atom. The topological polar surface area (TPSA) is 70.1 Å². The molecule has 0 aliphatic carbocycles. The van der Waals surface area contributed by atoms with Gasteiger partial charge in [0.1, 0.15) is 11.7 Å². The van der Waals surface area contributed by atoms with Gasteiger partial charge in [0.25, 0.3) is 5.91 Å². The van der Waals surface area contributed by atoms with E-state index in [0.717, 1.165) is 15.9 Å². The zero-order valence-corrected chi connectivity index (χ0v) is 22.1. The number of carbonyl (C=O) groups excluding carboxylic acids is 2. The normalized spacial score (nSPS) is 19.8. The van der Waals surface area contributed by atoms with Gasteiger partial charge in [0.15, 0.2) is 10.7 Å². The van der Waals surface area contributed by atoms with Gasteiger partial charge in [0.05, 0.1) is 16.3 Å². The second kappa shape index (κ2) is 9.34. The molecule has 0 radical (unpaired) electrons. The molecule has 2 amide bonds. The molecule has 1 heterocycles. The predicted molar refractivity (Wildman–Crippen MR) is 132 cm³/mol. The summed E-state index contributed by atoms with van der Waals surface area (Å²) in [6.07, 6.45) is -7.45. The largest absolute Gasteiger partial charge is 0.443 e. The average Bonchev–Trinajstić information content (AvgIpc) is 2.93. The number of thiocarbonyl (C=S) groups is 1. The van der Waals surface area contributed by atoms with Crippen LogP contribution in [0.25, 0.3) is 0 Å². The summed E-state index contributed by atoms with van der Waals surface area (Å²) in [5.41, 5.74) is -4.20. The van der Waals surface area contributed by atoms with E-state index in [-0.39, 0.29) is 11.3 Å². The van der Waals surface area contributed by atoms with Crippen molar-refractivity contribution < 1.29 is 32.6 Å². The quantitative estimate of drug-likeness (QED) is 0.413. The molecule has 1 fully saturated rings. The number of halogens is 5. The maximum Gasteiger partial charge on any atom is 0.417 e. The Kier molecular flexibility index (Phi) is 7.31. The van der Waals surface area contributed by atoms with Crippen LogP contribution in [0.5, 0.6) is 0 Å². The van der Waals surface area contributed by atoms with Gasteiger partial charge in [0, 0.05) is 4.47 Å². The summed E-state index contributed by atoms with van der Waals surface area (Å²) in [7, 11) is 0. The standard InChI is InChI=1S/C23H21BrClF3N2O4S/c1-21(2,3)34-20(33)30-19(35)29(14-9-10-16(25)15(11-14)23(26,27)28)18(32)22(30,4)17(31)12-5-7-13(24)8-6-12/h5-11,17,31H,1-4H3/t17-,22+/m0/s1. The molecule has 35 heavy (non-hydrogen) atoms. The summed E-state index contributed by atoms with van der Waals surface area (Å²) >= 11 is 14.4. The van der Waals surface area contributed by atoms with E-state index in [1.54, 1.807) is 32.9 Å². The lowest BCUT2D eigenvalue weighted by atomic mass is 9.88. The number of hydrogen-bond donors (Lipinski definition) is 1. The van der Waals surface area contributed by atoms with E-state index in [4.69, 9.17) is 28.6 Å². The van der Waals surface area contributed by atoms with E-state index in [2.05, 4.69) is 15.9 Å². The van der Waals surface area contributed by atoms with Crippen LogP contribution in [0.3, 0.4) is 0 Å². The van der Waals surface area contributed by atoms with E-state index in [1.165, 1.54) is 25.1 Å². The van der Waals surface area contributed by atoms with Crippen molar-refractivity contribution in [3.8, 4) is 0 Å². The van der Waals surface area contributed by atoms with E-state index < -0.39 is 51.1 Å². The molecule has 2 aromatic carbocycles. The fraction of sp³-hybridized carbons (Fsp3) is 0.348. The van der Waals surface area contributed by atoms with Gasteiger partial charge in [-0.25, -0.2) is 9.69 Å². The van der Waals surface area contributed by atoms with Crippen LogP contribution in [-0.4, -0.2) is 38.3 Å². The van der Waals surface area contributed by atoms with Gasteiger partial charge in [-0.1, -0.05) is 39.7 Å². The van der Waals surface area contributed by atoms with Crippen LogP contribution in [0.15, 0.2) is 46.9 Å². The number of alkyl halides is 3. The van der Waals surface area contributed by atoms with Gasteiger partial charge in [-0.2, -0.15) is 13.2 Å². The van der Waals surface area contributed by atoms with E-state index in [0.29, 0.717) is 10.5 Å². The van der Waals surface area contributed by atoms with Crippen molar-refractivity contribution in [1.29, 1.82) is 0 Å². The maximum atomic E-state index is 13.8. The first-order valence-electron chi connectivity index (χ1n) is 10.2. The Balaban J connectivity index is 2.18. The molecule has 1 saturated heterocycles. The molecule has 188 valence electrons. The molecule has 3 rings (SSSR count). The Morgan fingerprint density at radius 3 is 2.26 bits per heavy atom. The number of hydrogen-bond acceptors (Lipinski definition) is 5. The third kappa shape index (κ3) is 5.18. The fourth-order valence-corrected chi connectivity index (χ4v) is 4.53. The summed E-state index contributed by atoms with van der Waals surface area (Å²) in [4.78, 5) is 28.5. The van der Waals surface area contributed by atoms with Gasteiger partial charge >= 0.3 is 12.3 Å². The first-order valence-corrected chi connectivity index (χ1v) is 11.8. The first-order chi connectivity index (χ1) is 16.0. The van der Waals surface area contributed by atoms with Gasteiger partial charge in [-0.15, -0.1) is 0 Å². The zero-order valence-electron chi connectivity index (χ0n) is 19.0. The van der Waals surface area contributed by atoms with Crippen molar-refractivity contribution in [1.82, 2.24) is 4.90 Å². The number of aliphatic hydroxyl groups excluding tert-OH is 1. The molecule has 0 unspecified atom stereocenters. The molecular weight excluding hydrogens is 573 g/mol. The number of aliphatic hydroxyl groups is 1. The van der Waals surface area contributed by atoms with Crippen LogP contribution in [0.1, 0.15) is 44.9 Å². The van der Waals surface area contributed by atoms with E-state index in [9.17, 15) is 27.9 Å². The zero-order chi connectivity index (χ0) is 26.5. The van der Waals surface area contributed by atoms with Crippen LogP contribution < -0.4 is 4.90 Å². The molecule has 0 aromatic heterocycles. The molecule has 2 atom stereocenters. The molecule has 2 aromatic rings. The summed E-state index contributed by atoms with van der Waals surface area (Å²) in [5.74, 6) is -0.917. The molecule has 12 heteroatoms. The second-order valence-corrected chi connectivity index (χ2v) is 10.7. The smallest absolute Gasteiger partial charge is 0.417 e. The predicted octanol–water partition coefficient (Wildman–Crippen LogP) is 6.48. The molecule has 1 aliphatic heterocycles. The van der Waals surface area contributed by atoms with Crippen LogP contribution in [0.4, 0.5) is 23.7 Å². The number of amides is 2.